The Morgan fingerprint density at radius 2 is 1.78 bits per heavy atom. The summed E-state index contributed by atoms with van der Waals surface area (Å²) in [5, 5.41) is 7.49. The highest BCUT2D eigenvalue weighted by Crippen LogP contribution is 2.34. The van der Waals surface area contributed by atoms with Gasteiger partial charge in [0.25, 0.3) is 5.89 Å². The fourth-order valence-electron chi connectivity index (χ4n) is 1.81. The third kappa shape index (κ3) is 3.32. The second kappa shape index (κ2) is 6.08. The predicted octanol–water partition coefficient (Wildman–Crippen LogP) is 5.08. The summed E-state index contributed by atoms with van der Waals surface area (Å²) in [7, 11) is 0. The number of aromatic nitrogens is 3. The number of rotatable bonds is 2. The summed E-state index contributed by atoms with van der Waals surface area (Å²) in [5.41, 5.74) is -0.220. The van der Waals surface area contributed by atoms with Crippen LogP contribution in [0.5, 0.6) is 0 Å². The fourth-order valence-corrected chi connectivity index (χ4v) is 2.68. The van der Waals surface area contributed by atoms with Crippen molar-refractivity contribution in [2.45, 2.75) is 6.18 Å². The van der Waals surface area contributed by atoms with Gasteiger partial charge in [0, 0.05) is 9.77 Å². The standard InChI is InChI=1S/C14H6ClF3IN3O/c15-9-5-7(14(16,17)18)6-20-11(9)13-22-21-12(23-13)8-3-1-2-4-10(8)19/h1-6H. The predicted molar refractivity (Wildman–Crippen MR) is 85.7 cm³/mol. The van der Waals surface area contributed by atoms with E-state index in [-0.39, 0.29) is 22.5 Å². The highest BCUT2D eigenvalue weighted by molar-refractivity contribution is 14.1. The van der Waals surface area contributed by atoms with Crippen LogP contribution in [0.4, 0.5) is 13.2 Å². The Hall–Kier alpha value is -1.68. The first-order chi connectivity index (χ1) is 10.9. The molecular formula is C14H6ClF3IN3O. The molecule has 23 heavy (non-hydrogen) atoms. The summed E-state index contributed by atoms with van der Waals surface area (Å²) in [6.07, 6.45) is -3.84. The molecular weight excluding hydrogens is 446 g/mol. The largest absolute Gasteiger partial charge is 0.417 e. The van der Waals surface area contributed by atoms with E-state index >= 15 is 0 Å². The molecule has 0 N–H and O–H groups in total. The lowest BCUT2D eigenvalue weighted by Crippen LogP contribution is -2.05. The van der Waals surface area contributed by atoms with Crippen molar-refractivity contribution in [2.75, 3.05) is 0 Å². The maximum atomic E-state index is 12.6. The van der Waals surface area contributed by atoms with Crippen molar-refractivity contribution in [3.05, 3.63) is 50.7 Å². The van der Waals surface area contributed by atoms with E-state index < -0.39 is 11.7 Å². The van der Waals surface area contributed by atoms with Gasteiger partial charge in [0.1, 0.15) is 5.69 Å². The summed E-state index contributed by atoms with van der Waals surface area (Å²) in [5.74, 6) is 0.196. The van der Waals surface area contributed by atoms with Gasteiger partial charge in [-0.2, -0.15) is 13.2 Å². The molecule has 0 unspecified atom stereocenters. The fraction of sp³-hybridized carbons (Fsp3) is 0.0714. The van der Waals surface area contributed by atoms with Crippen LogP contribution in [-0.4, -0.2) is 15.2 Å². The number of benzene rings is 1. The van der Waals surface area contributed by atoms with Gasteiger partial charge >= 0.3 is 6.18 Å². The molecule has 0 aliphatic rings. The average Bonchev–Trinajstić information content (AvgIpc) is 2.96. The molecule has 9 heteroatoms. The van der Waals surface area contributed by atoms with Gasteiger partial charge in [-0.05, 0) is 40.8 Å². The number of nitrogens with zero attached hydrogens (tertiary/aromatic N) is 3. The molecule has 0 spiro atoms. The zero-order valence-corrected chi connectivity index (χ0v) is 14.0. The van der Waals surface area contributed by atoms with Crippen molar-refractivity contribution >= 4 is 34.2 Å². The number of hydrogen-bond donors (Lipinski definition) is 0. The van der Waals surface area contributed by atoms with Crippen molar-refractivity contribution < 1.29 is 17.6 Å². The summed E-state index contributed by atoms with van der Waals surface area (Å²) in [6.45, 7) is 0. The van der Waals surface area contributed by atoms with E-state index in [4.69, 9.17) is 16.0 Å². The Bertz CT molecular complexity index is 866. The Kier molecular flexibility index (Phi) is 4.28. The number of alkyl halides is 3. The lowest BCUT2D eigenvalue weighted by molar-refractivity contribution is -0.137. The number of halogens is 5. The molecule has 4 nitrogen and oxygen atoms in total. The van der Waals surface area contributed by atoms with Crippen molar-refractivity contribution in [1.29, 1.82) is 0 Å². The highest BCUT2D eigenvalue weighted by atomic mass is 127. The third-order valence-corrected chi connectivity index (χ3v) is 4.13. The monoisotopic (exact) mass is 451 g/mol. The minimum absolute atomic E-state index is 0.00403. The molecule has 0 saturated heterocycles. The van der Waals surface area contributed by atoms with Gasteiger partial charge in [0.05, 0.1) is 16.1 Å². The Morgan fingerprint density at radius 1 is 1.09 bits per heavy atom. The topological polar surface area (TPSA) is 51.8 Å². The van der Waals surface area contributed by atoms with Gasteiger partial charge in [-0.25, -0.2) is 4.98 Å². The van der Waals surface area contributed by atoms with Crippen LogP contribution in [0.2, 0.25) is 5.02 Å². The molecule has 0 saturated carbocycles. The van der Waals surface area contributed by atoms with Crippen molar-refractivity contribution in [3.8, 4) is 23.0 Å². The number of hydrogen-bond acceptors (Lipinski definition) is 4. The van der Waals surface area contributed by atoms with Gasteiger partial charge < -0.3 is 4.42 Å². The van der Waals surface area contributed by atoms with Crippen LogP contribution < -0.4 is 0 Å². The summed E-state index contributed by atoms with van der Waals surface area (Å²) < 4.78 is 44.2. The van der Waals surface area contributed by atoms with Crippen LogP contribution in [0.3, 0.4) is 0 Å². The van der Waals surface area contributed by atoms with Gasteiger partial charge in [-0.3, -0.25) is 0 Å². The first-order valence-corrected chi connectivity index (χ1v) is 7.63. The summed E-state index contributed by atoms with van der Waals surface area (Å²) in [4.78, 5) is 3.69. The van der Waals surface area contributed by atoms with Gasteiger partial charge in [-0.1, -0.05) is 23.7 Å². The number of pyridine rings is 1. The van der Waals surface area contributed by atoms with Crippen LogP contribution in [0.15, 0.2) is 40.9 Å². The Morgan fingerprint density at radius 3 is 2.43 bits per heavy atom. The SMILES string of the molecule is FC(F)(F)c1cnc(-c2nnc(-c3ccccc3I)o2)c(Cl)c1. The molecule has 0 radical (unpaired) electrons. The first kappa shape index (κ1) is 16.2. The van der Waals surface area contributed by atoms with E-state index in [2.05, 4.69) is 37.8 Å². The van der Waals surface area contributed by atoms with E-state index in [1.807, 2.05) is 18.2 Å². The molecule has 1 aromatic carbocycles. The van der Waals surface area contributed by atoms with Crippen LogP contribution in [-0.2, 0) is 6.18 Å². The van der Waals surface area contributed by atoms with E-state index in [1.54, 1.807) is 6.07 Å². The zero-order valence-electron chi connectivity index (χ0n) is 11.1. The minimum Gasteiger partial charge on any atom is -0.415 e. The van der Waals surface area contributed by atoms with Crippen LogP contribution in [0.25, 0.3) is 23.0 Å². The molecule has 2 aromatic heterocycles. The molecule has 0 fully saturated rings. The van der Waals surface area contributed by atoms with E-state index in [9.17, 15) is 13.2 Å². The molecule has 0 aliphatic carbocycles. The summed E-state index contributed by atoms with van der Waals surface area (Å²) >= 11 is 7.98. The smallest absolute Gasteiger partial charge is 0.415 e. The lowest BCUT2D eigenvalue weighted by atomic mass is 10.2. The van der Waals surface area contributed by atoms with Crippen LogP contribution in [0.1, 0.15) is 5.56 Å². The Balaban J connectivity index is 2.00. The maximum Gasteiger partial charge on any atom is 0.417 e. The molecule has 3 rings (SSSR count). The van der Waals surface area contributed by atoms with Crippen molar-refractivity contribution in [3.63, 3.8) is 0 Å². The van der Waals surface area contributed by atoms with E-state index in [0.717, 1.165) is 15.2 Å². The van der Waals surface area contributed by atoms with Crippen LogP contribution >= 0.6 is 34.2 Å². The van der Waals surface area contributed by atoms with Gasteiger partial charge in [0.2, 0.25) is 5.89 Å². The second-order valence-corrected chi connectivity index (χ2v) is 6.01. The molecule has 0 amide bonds. The quantitative estimate of drug-likeness (QED) is 0.510. The minimum atomic E-state index is -4.52. The average molecular weight is 452 g/mol. The van der Waals surface area contributed by atoms with Gasteiger partial charge in [0.15, 0.2) is 0 Å². The van der Waals surface area contributed by atoms with Crippen molar-refractivity contribution in [1.82, 2.24) is 15.2 Å². The highest BCUT2D eigenvalue weighted by Gasteiger charge is 2.32. The molecule has 2 heterocycles. The van der Waals surface area contributed by atoms with E-state index in [0.29, 0.717) is 6.20 Å². The summed E-state index contributed by atoms with van der Waals surface area (Å²) in [6, 6.07) is 8.10. The third-order valence-electron chi connectivity index (χ3n) is 2.90. The molecule has 0 aliphatic heterocycles. The van der Waals surface area contributed by atoms with Gasteiger partial charge in [-0.15, -0.1) is 10.2 Å². The van der Waals surface area contributed by atoms with Crippen molar-refractivity contribution in [2.24, 2.45) is 0 Å². The normalized spacial score (nSPS) is 11.7. The molecule has 0 atom stereocenters. The maximum absolute atomic E-state index is 12.6. The zero-order chi connectivity index (χ0) is 16.6. The molecule has 118 valence electrons. The second-order valence-electron chi connectivity index (χ2n) is 4.44. The van der Waals surface area contributed by atoms with E-state index in [1.165, 1.54) is 0 Å². The Labute approximate surface area is 146 Å². The first-order valence-electron chi connectivity index (χ1n) is 6.18. The van der Waals surface area contributed by atoms with Crippen LogP contribution in [0, 0.1) is 3.57 Å². The lowest BCUT2D eigenvalue weighted by Gasteiger charge is -2.07. The molecule has 3 aromatic rings. The molecule has 0 bridgehead atoms.